The lowest BCUT2D eigenvalue weighted by Gasteiger charge is -2.26. The molecule has 0 saturated carbocycles. The summed E-state index contributed by atoms with van der Waals surface area (Å²) in [5.41, 5.74) is 4.36. The van der Waals surface area contributed by atoms with Gasteiger partial charge in [0, 0.05) is 11.3 Å². The van der Waals surface area contributed by atoms with Crippen molar-refractivity contribution in [3.63, 3.8) is 0 Å². The topological polar surface area (TPSA) is 76.1 Å². The minimum absolute atomic E-state index is 0.0822. The van der Waals surface area contributed by atoms with Gasteiger partial charge in [-0.05, 0) is 98.7 Å². The van der Waals surface area contributed by atoms with Crippen LogP contribution >= 0.6 is 0 Å². The summed E-state index contributed by atoms with van der Waals surface area (Å²) >= 11 is 0. The maximum Gasteiger partial charge on any atom is 0.300 e. The Morgan fingerprint density at radius 3 is 2.05 bits per heavy atom. The van der Waals surface area contributed by atoms with Gasteiger partial charge in [-0.2, -0.15) is 0 Å². The van der Waals surface area contributed by atoms with Crippen molar-refractivity contribution >= 4 is 23.1 Å². The molecule has 6 nitrogen and oxygen atoms in total. The Morgan fingerprint density at radius 2 is 1.43 bits per heavy atom. The summed E-state index contributed by atoms with van der Waals surface area (Å²) in [6.45, 7) is 4.87. The summed E-state index contributed by atoms with van der Waals surface area (Å²) in [5, 5.41) is 11.5. The van der Waals surface area contributed by atoms with Gasteiger partial charge in [-0.1, -0.05) is 24.3 Å². The number of aryl methyl sites for hydroxylation is 2. The molecule has 3 aromatic carbocycles. The zero-order valence-corrected chi connectivity index (χ0v) is 21.2. The number of aliphatic hydroxyl groups is 1. The molecule has 1 N–H and O–H groups in total. The molecule has 0 radical (unpaired) electrons. The summed E-state index contributed by atoms with van der Waals surface area (Å²) in [4.78, 5) is 28.3. The van der Waals surface area contributed by atoms with Crippen LogP contribution in [-0.2, 0) is 22.4 Å². The van der Waals surface area contributed by atoms with E-state index < -0.39 is 17.7 Å². The quantitative estimate of drug-likeness (QED) is 0.247. The Morgan fingerprint density at radius 1 is 0.838 bits per heavy atom. The third-order valence-corrected chi connectivity index (χ3v) is 7.00. The monoisotopic (exact) mass is 497 g/mol. The van der Waals surface area contributed by atoms with Crippen LogP contribution in [0.15, 0.2) is 72.3 Å². The van der Waals surface area contributed by atoms with Crippen LogP contribution in [0.4, 0.5) is 5.69 Å². The molecule has 0 bridgehead atoms. The molecule has 1 aliphatic heterocycles. The van der Waals surface area contributed by atoms with Crippen molar-refractivity contribution in [3.05, 3.63) is 94.6 Å². The second kappa shape index (κ2) is 10.5. The first-order valence-electron chi connectivity index (χ1n) is 12.9. The summed E-state index contributed by atoms with van der Waals surface area (Å²) in [6.07, 6.45) is 4.22. The molecule has 1 amide bonds. The van der Waals surface area contributed by atoms with Gasteiger partial charge in [0.05, 0.1) is 24.8 Å². The first kappa shape index (κ1) is 24.6. The van der Waals surface area contributed by atoms with Crippen LogP contribution in [0.3, 0.4) is 0 Å². The summed E-state index contributed by atoms with van der Waals surface area (Å²) in [7, 11) is 0. The highest BCUT2D eigenvalue weighted by Gasteiger charge is 2.47. The minimum atomic E-state index is -0.787. The number of ketones is 1. The maximum absolute atomic E-state index is 13.5. The van der Waals surface area contributed by atoms with E-state index in [1.54, 1.807) is 24.3 Å². The van der Waals surface area contributed by atoms with Crippen LogP contribution in [0.5, 0.6) is 11.5 Å². The second-order valence-corrected chi connectivity index (χ2v) is 9.29. The number of ether oxygens (including phenoxy) is 2. The second-order valence-electron chi connectivity index (χ2n) is 9.29. The number of hydrogen-bond donors (Lipinski definition) is 1. The number of Topliss-reactive ketones (excluding diaryl/α,β-unsaturated/α-hetero) is 1. The largest absolute Gasteiger partial charge is 0.507 e. The van der Waals surface area contributed by atoms with Crippen LogP contribution in [0.25, 0.3) is 5.76 Å². The first-order valence-corrected chi connectivity index (χ1v) is 12.9. The van der Waals surface area contributed by atoms with Gasteiger partial charge < -0.3 is 14.6 Å². The van der Waals surface area contributed by atoms with Gasteiger partial charge in [0.15, 0.2) is 0 Å². The summed E-state index contributed by atoms with van der Waals surface area (Å²) < 4.78 is 11.1. The molecular weight excluding hydrogens is 466 g/mol. The van der Waals surface area contributed by atoms with Crippen LogP contribution in [0, 0.1) is 0 Å². The molecular formula is C31H31NO5. The number of benzene rings is 3. The van der Waals surface area contributed by atoms with Gasteiger partial charge >= 0.3 is 0 Å². The third kappa shape index (κ3) is 4.71. The maximum atomic E-state index is 13.5. The van der Waals surface area contributed by atoms with E-state index in [2.05, 4.69) is 0 Å². The number of nitrogens with zero attached hydrogens (tertiary/aromatic N) is 1. The van der Waals surface area contributed by atoms with E-state index in [0.717, 1.165) is 25.7 Å². The fraction of sp³-hybridized carbons (Fsp3) is 0.290. The SMILES string of the molecule is CCOc1ccc(C2/C(=C(/O)c3ccc4c(c3)CCCC4)C(=O)C(=O)N2c2ccc(OCC)cc2)cc1. The molecule has 0 aromatic heterocycles. The molecule has 6 heteroatoms. The van der Waals surface area contributed by atoms with Crippen LogP contribution < -0.4 is 14.4 Å². The average molecular weight is 498 g/mol. The number of hydrogen-bond acceptors (Lipinski definition) is 5. The molecule has 0 spiro atoms. The lowest BCUT2D eigenvalue weighted by molar-refractivity contribution is -0.132. The Hall–Kier alpha value is -4.06. The van der Waals surface area contributed by atoms with Crippen LogP contribution in [-0.4, -0.2) is 30.0 Å². The normalized spacial score (nSPS) is 18.5. The minimum Gasteiger partial charge on any atom is -0.507 e. The van der Waals surface area contributed by atoms with Gasteiger partial charge in [-0.25, -0.2) is 0 Å². The van der Waals surface area contributed by atoms with E-state index in [1.807, 2.05) is 56.3 Å². The van der Waals surface area contributed by atoms with E-state index in [1.165, 1.54) is 16.0 Å². The first-order chi connectivity index (χ1) is 18.0. The van der Waals surface area contributed by atoms with E-state index in [4.69, 9.17) is 9.47 Å². The number of amides is 1. The highest BCUT2D eigenvalue weighted by Crippen LogP contribution is 2.43. The predicted molar refractivity (Wildman–Crippen MR) is 143 cm³/mol. The Bertz CT molecular complexity index is 1340. The predicted octanol–water partition coefficient (Wildman–Crippen LogP) is 5.99. The van der Waals surface area contributed by atoms with Crippen molar-refractivity contribution in [2.75, 3.05) is 18.1 Å². The van der Waals surface area contributed by atoms with Crippen molar-refractivity contribution in [2.45, 2.75) is 45.6 Å². The Labute approximate surface area is 217 Å². The highest BCUT2D eigenvalue weighted by atomic mass is 16.5. The zero-order chi connectivity index (χ0) is 25.9. The van der Waals surface area contributed by atoms with Gasteiger partial charge in [0.2, 0.25) is 0 Å². The fourth-order valence-electron chi connectivity index (χ4n) is 5.23. The zero-order valence-electron chi connectivity index (χ0n) is 21.2. The fourth-order valence-corrected chi connectivity index (χ4v) is 5.23. The number of anilines is 1. The average Bonchev–Trinajstić information content (AvgIpc) is 3.19. The van der Waals surface area contributed by atoms with Crippen molar-refractivity contribution < 1.29 is 24.2 Å². The van der Waals surface area contributed by atoms with Gasteiger partial charge in [0.1, 0.15) is 17.3 Å². The van der Waals surface area contributed by atoms with Gasteiger partial charge in [0.25, 0.3) is 11.7 Å². The van der Waals surface area contributed by atoms with Crippen LogP contribution in [0.2, 0.25) is 0 Å². The molecule has 5 rings (SSSR count). The van der Waals surface area contributed by atoms with Crippen molar-refractivity contribution in [1.29, 1.82) is 0 Å². The molecule has 2 aliphatic rings. The van der Waals surface area contributed by atoms with Crippen molar-refractivity contribution in [1.82, 2.24) is 0 Å². The van der Waals surface area contributed by atoms with Gasteiger partial charge in [-0.15, -0.1) is 0 Å². The number of carbonyl (C=O) groups excluding carboxylic acids is 2. The number of carbonyl (C=O) groups is 2. The van der Waals surface area contributed by atoms with E-state index in [0.29, 0.717) is 41.5 Å². The molecule has 1 unspecified atom stereocenters. The van der Waals surface area contributed by atoms with E-state index in [9.17, 15) is 14.7 Å². The van der Waals surface area contributed by atoms with Crippen molar-refractivity contribution in [3.8, 4) is 11.5 Å². The smallest absolute Gasteiger partial charge is 0.300 e. The summed E-state index contributed by atoms with van der Waals surface area (Å²) in [6, 6.07) is 19.4. The lowest BCUT2D eigenvalue weighted by Crippen LogP contribution is -2.29. The molecule has 1 aliphatic carbocycles. The molecule has 1 fully saturated rings. The molecule has 37 heavy (non-hydrogen) atoms. The number of rotatable bonds is 7. The molecule has 3 aromatic rings. The van der Waals surface area contributed by atoms with Crippen LogP contribution in [0.1, 0.15) is 55.0 Å². The number of aliphatic hydroxyl groups excluding tert-OH is 1. The van der Waals surface area contributed by atoms with E-state index >= 15 is 0 Å². The Balaban J connectivity index is 1.63. The standard InChI is InChI=1S/C31H31NO5/c1-3-36-25-15-11-21(12-16-25)28-27(29(33)23-10-9-20-7-5-6-8-22(20)19-23)30(34)31(35)32(28)24-13-17-26(18-14-24)37-4-2/h9-19,28,33H,3-8H2,1-2H3/b29-27-. The van der Waals surface area contributed by atoms with E-state index in [-0.39, 0.29) is 11.3 Å². The molecule has 190 valence electrons. The lowest BCUT2D eigenvalue weighted by atomic mass is 9.88. The van der Waals surface area contributed by atoms with Crippen molar-refractivity contribution in [2.24, 2.45) is 0 Å². The molecule has 1 saturated heterocycles. The third-order valence-electron chi connectivity index (χ3n) is 7.00. The van der Waals surface area contributed by atoms with Gasteiger partial charge in [-0.3, -0.25) is 14.5 Å². The highest BCUT2D eigenvalue weighted by molar-refractivity contribution is 6.51. The number of fused-ring (bicyclic) bond motifs is 1. The Kier molecular flexibility index (Phi) is 6.99. The molecule has 1 atom stereocenters. The molecule has 1 heterocycles. The summed E-state index contributed by atoms with van der Waals surface area (Å²) in [5.74, 6) is -0.168.